The van der Waals surface area contributed by atoms with E-state index < -0.39 is 0 Å². The molecule has 22 heavy (non-hydrogen) atoms. The van der Waals surface area contributed by atoms with Crippen LogP contribution >= 0.6 is 0 Å². The minimum atomic E-state index is 0.147. The summed E-state index contributed by atoms with van der Waals surface area (Å²) in [4.78, 5) is 12.6. The van der Waals surface area contributed by atoms with Crippen LogP contribution in [-0.2, 0) is 6.54 Å². The number of unbranched alkanes of at least 4 members (excludes halogenated alkanes) is 4. The average Bonchev–Trinajstić information content (AvgIpc) is 2.57. The van der Waals surface area contributed by atoms with Gasteiger partial charge in [0.15, 0.2) is 5.43 Å². The lowest BCUT2D eigenvalue weighted by Gasteiger charge is -2.15. The topological polar surface area (TPSA) is 22.0 Å². The lowest BCUT2D eigenvalue weighted by Crippen LogP contribution is -2.11. The molecular weight excluding hydrogens is 270 g/mol. The summed E-state index contributed by atoms with van der Waals surface area (Å²) < 4.78 is 2.32. The second-order valence-electron chi connectivity index (χ2n) is 5.93. The van der Waals surface area contributed by atoms with Crippen LogP contribution in [0.4, 0.5) is 0 Å². The summed E-state index contributed by atoms with van der Waals surface area (Å²) in [6.07, 6.45) is 6.29. The highest BCUT2D eigenvalue weighted by molar-refractivity contribution is 5.93. The van der Waals surface area contributed by atoms with E-state index in [1.807, 2.05) is 36.4 Å². The summed E-state index contributed by atoms with van der Waals surface area (Å²) in [6, 6.07) is 15.9. The van der Waals surface area contributed by atoms with E-state index in [9.17, 15) is 4.79 Å². The Morgan fingerprint density at radius 2 is 1.32 bits per heavy atom. The minimum Gasteiger partial charge on any atom is -0.340 e. The molecule has 0 fully saturated rings. The van der Waals surface area contributed by atoms with Gasteiger partial charge in [0, 0.05) is 17.3 Å². The van der Waals surface area contributed by atoms with Gasteiger partial charge >= 0.3 is 0 Å². The Labute approximate surface area is 131 Å². The van der Waals surface area contributed by atoms with Gasteiger partial charge in [-0.05, 0) is 30.7 Å². The monoisotopic (exact) mass is 293 g/mol. The zero-order chi connectivity index (χ0) is 15.4. The normalized spacial score (nSPS) is 11.3. The predicted molar refractivity (Wildman–Crippen MR) is 94.5 cm³/mol. The molecule has 0 aliphatic carbocycles. The van der Waals surface area contributed by atoms with Crippen molar-refractivity contribution in [1.29, 1.82) is 0 Å². The predicted octanol–water partition coefficient (Wildman–Crippen LogP) is 5.13. The van der Waals surface area contributed by atoms with Crippen LogP contribution in [0.2, 0.25) is 0 Å². The molecular formula is C20H23NO. The lowest BCUT2D eigenvalue weighted by atomic mass is 10.1. The number of rotatable bonds is 6. The van der Waals surface area contributed by atoms with Gasteiger partial charge in [0.05, 0.1) is 11.0 Å². The largest absolute Gasteiger partial charge is 0.340 e. The highest BCUT2D eigenvalue weighted by Crippen LogP contribution is 2.20. The molecule has 0 aliphatic rings. The maximum absolute atomic E-state index is 12.6. The van der Waals surface area contributed by atoms with E-state index in [1.54, 1.807) is 0 Å². The standard InChI is InChI=1S/C20H23NO/c1-2-3-4-5-10-15-21-18-13-8-6-11-16(18)20(22)17-12-7-9-14-19(17)21/h6-9,11-14H,2-5,10,15H2,1H3. The van der Waals surface area contributed by atoms with Gasteiger partial charge in [0.1, 0.15) is 0 Å². The second kappa shape index (κ2) is 6.78. The molecule has 114 valence electrons. The fourth-order valence-electron chi connectivity index (χ4n) is 3.19. The molecule has 0 amide bonds. The smallest absolute Gasteiger partial charge is 0.197 e. The fraction of sp³-hybridized carbons (Fsp3) is 0.350. The number of hydrogen-bond acceptors (Lipinski definition) is 1. The van der Waals surface area contributed by atoms with Crippen LogP contribution in [0.25, 0.3) is 21.8 Å². The van der Waals surface area contributed by atoms with Crippen molar-refractivity contribution in [3.8, 4) is 0 Å². The number of aryl methyl sites for hydroxylation is 1. The number of benzene rings is 2. The van der Waals surface area contributed by atoms with E-state index in [-0.39, 0.29) is 5.43 Å². The molecule has 0 atom stereocenters. The maximum Gasteiger partial charge on any atom is 0.197 e. The molecule has 0 saturated heterocycles. The van der Waals surface area contributed by atoms with E-state index in [0.717, 1.165) is 34.8 Å². The summed E-state index contributed by atoms with van der Waals surface area (Å²) in [5.74, 6) is 0. The van der Waals surface area contributed by atoms with Gasteiger partial charge in [-0.2, -0.15) is 0 Å². The quantitative estimate of drug-likeness (QED) is 0.456. The lowest BCUT2D eigenvalue weighted by molar-refractivity contribution is 0.583. The van der Waals surface area contributed by atoms with Gasteiger partial charge in [-0.15, -0.1) is 0 Å². The highest BCUT2D eigenvalue weighted by Gasteiger charge is 2.09. The summed E-state index contributed by atoms with van der Waals surface area (Å²) in [5.41, 5.74) is 2.26. The first kappa shape index (κ1) is 14.8. The van der Waals surface area contributed by atoms with E-state index in [1.165, 1.54) is 25.7 Å². The molecule has 2 aromatic carbocycles. The summed E-state index contributed by atoms with van der Waals surface area (Å²) in [7, 11) is 0. The molecule has 0 unspecified atom stereocenters. The van der Waals surface area contributed by atoms with Crippen LogP contribution in [0.1, 0.15) is 39.0 Å². The van der Waals surface area contributed by atoms with Crippen molar-refractivity contribution >= 4 is 21.8 Å². The van der Waals surface area contributed by atoms with Crippen molar-refractivity contribution in [3.05, 3.63) is 58.8 Å². The summed E-state index contributed by atoms with van der Waals surface area (Å²) in [6.45, 7) is 3.22. The number of hydrogen-bond donors (Lipinski definition) is 0. The average molecular weight is 293 g/mol. The number of pyridine rings is 1. The molecule has 2 heteroatoms. The molecule has 0 bridgehead atoms. The van der Waals surface area contributed by atoms with E-state index >= 15 is 0 Å². The number of para-hydroxylation sites is 2. The molecule has 0 aliphatic heterocycles. The third-order valence-corrected chi connectivity index (χ3v) is 4.36. The SMILES string of the molecule is CCCCCCCn1c2ccccc2c(=O)c2ccccc21. The number of fused-ring (bicyclic) bond motifs is 2. The maximum atomic E-state index is 12.6. The van der Waals surface area contributed by atoms with Gasteiger partial charge in [0.25, 0.3) is 0 Å². The molecule has 1 heterocycles. The number of aromatic nitrogens is 1. The molecule has 1 aromatic heterocycles. The molecule has 0 N–H and O–H groups in total. The van der Waals surface area contributed by atoms with E-state index in [0.29, 0.717) is 0 Å². The minimum absolute atomic E-state index is 0.147. The van der Waals surface area contributed by atoms with Gasteiger partial charge in [-0.3, -0.25) is 4.79 Å². The molecule has 0 radical (unpaired) electrons. The molecule has 2 nitrogen and oxygen atoms in total. The Bertz CT molecular complexity index is 772. The Morgan fingerprint density at radius 1 is 0.773 bits per heavy atom. The third-order valence-electron chi connectivity index (χ3n) is 4.36. The van der Waals surface area contributed by atoms with Crippen molar-refractivity contribution in [1.82, 2.24) is 4.57 Å². The van der Waals surface area contributed by atoms with Crippen LogP contribution in [0.15, 0.2) is 53.3 Å². The Morgan fingerprint density at radius 3 is 1.91 bits per heavy atom. The van der Waals surface area contributed by atoms with Crippen LogP contribution in [-0.4, -0.2) is 4.57 Å². The third kappa shape index (κ3) is 2.78. The summed E-state index contributed by atoms with van der Waals surface area (Å²) >= 11 is 0. The molecule has 3 aromatic rings. The first-order valence-corrected chi connectivity index (χ1v) is 8.33. The van der Waals surface area contributed by atoms with Gasteiger partial charge in [-0.1, -0.05) is 56.9 Å². The van der Waals surface area contributed by atoms with Crippen molar-refractivity contribution in [2.45, 2.75) is 45.6 Å². The summed E-state index contributed by atoms with van der Waals surface area (Å²) in [5, 5.41) is 1.66. The zero-order valence-corrected chi connectivity index (χ0v) is 13.2. The highest BCUT2D eigenvalue weighted by atomic mass is 16.1. The van der Waals surface area contributed by atoms with Crippen LogP contribution in [0.5, 0.6) is 0 Å². The van der Waals surface area contributed by atoms with E-state index in [4.69, 9.17) is 0 Å². The Balaban J connectivity index is 2.05. The zero-order valence-electron chi connectivity index (χ0n) is 13.2. The number of nitrogens with zero attached hydrogens (tertiary/aromatic N) is 1. The second-order valence-corrected chi connectivity index (χ2v) is 5.93. The van der Waals surface area contributed by atoms with Crippen molar-refractivity contribution < 1.29 is 0 Å². The van der Waals surface area contributed by atoms with Crippen LogP contribution in [0.3, 0.4) is 0 Å². The Hall–Kier alpha value is -2.09. The van der Waals surface area contributed by atoms with Crippen LogP contribution in [0, 0.1) is 0 Å². The van der Waals surface area contributed by atoms with Crippen molar-refractivity contribution in [2.24, 2.45) is 0 Å². The van der Waals surface area contributed by atoms with Gasteiger partial charge < -0.3 is 4.57 Å². The first-order valence-electron chi connectivity index (χ1n) is 8.33. The molecule has 0 saturated carbocycles. The fourth-order valence-corrected chi connectivity index (χ4v) is 3.19. The Kier molecular flexibility index (Phi) is 4.57. The van der Waals surface area contributed by atoms with Gasteiger partial charge in [-0.25, -0.2) is 0 Å². The van der Waals surface area contributed by atoms with Crippen LogP contribution < -0.4 is 5.43 Å². The van der Waals surface area contributed by atoms with Gasteiger partial charge in [0.2, 0.25) is 0 Å². The van der Waals surface area contributed by atoms with Crippen molar-refractivity contribution in [3.63, 3.8) is 0 Å². The van der Waals surface area contributed by atoms with E-state index in [2.05, 4.69) is 23.6 Å². The van der Waals surface area contributed by atoms with Crippen molar-refractivity contribution in [2.75, 3.05) is 0 Å². The first-order chi connectivity index (χ1) is 10.8. The molecule has 0 spiro atoms. The molecule has 3 rings (SSSR count).